The maximum Gasteiger partial charge on any atom is 0.234 e. The van der Waals surface area contributed by atoms with E-state index in [0.717, 1.165) is 17.5 Å². The highest BCUT2D eigenvalue weighted by Crippen LogP contribution is 2.54. The molecule has 1 saturated carbocycles. The van der Waals surface area contributed by atoms with E-state index >= 15 is 0 Å². The molecule has 24 heavy (non-hydrogen) atoms. The molecule has 2 bridgehead atoms. The van der Waals surface area contributed by atoms with Gasteiger partial charge in [-0.25, -0.2) is 0 Å². The number of hydrogen-bond acceptors (Lipinski definition) is 3. The Morgan fingerprint density at radius 3 is 2.17 bits per heavy atom. The topological polar surface area (TPSA) is 80.5 Å². The van der Waals surface area contributed by atoms with E-state index < -0.39 is 11.9 Å². The summed E-state index contributed by atoms with van der Waals surface area (Å²) in [6.45, 7) is 1.97. The fourth-order valence-electron chi connectivity index (χ4n) is 4.57. The standard InChI is InChI=1S/C19H20N2O3/c1-10-2-4-11(5-3-10)14(9-15(20)22)21-18(23)16-12-6-7-13(8-12)17(16)19(21)24/h2-7,12-14,16-17H,8-9H2,1H3,(H2,20,22). The summed E-state index contributed by atoms with van der Waals surface area (Å²) in [5.74, 6) is -0.995. The van der Waals surface area contributed by atoms with Gasteiger partial charge in [0.2, 0.25) is 17.7 Å². The average molecular weight is 324 g/mol. The van der Waals surface area contributed by atoms with Crippen molar-refractivity contribution in [3.8, 4) is 0 Å². The molecule has 0 spiro atoms. The minimum absolute atomic E-state index is 0.0389. The second-order valence-electron chi connectivity index (χ2n) is 7.14. The maximum absolute atomic E-state index is 13.0. The van der Waals surface area contributed by atoms with E-state index in [1.54, 1.807) is 0 Å². The van der Waals surface area contributed by atoms with E-state index in [1.807, 2.05) is 31.2 Å². The molecule has 2 N–H and O–H groups in total. The lowest BCUT2D eigenvalue weighted by atomic mass is 9.85. The van der Waals surface area contributed by atoms with Crippen LogP contribution in [-0.2, 0) is 14.4 Å². The van der Waals surface area contributed by atoms with E-state index in [1.165, 1.54) is 4.90 Å². The van der Waals surface area contributed by atoms with Crippen molar-refractivity contribution >= 4 is 17.7 Å². The van der Waals surface area contributed by atoms with Crippen molar-refractivity contribution in [3.63, 3.8) is 0 Å². The number of aryl methyl sites for hydroxylation is 1. The average Bonchev–Trinajstić information content (AvgIpc) is 3.20. The predicted molar refractivity (Wildman–Crippen MR) is 87.3 cm³/mol. The van der Waals surface area contributed by atoms with Crippen LogP contribution in [0.3, 0.4) is 0 Å². The minimum atomic E-state index is -0.604. The number of amides is 3. The molecule has 1 aromatic rings. The van der Waals surface area contributed by atoms with Crippen LogP contribution in [0, 0.1) is 30.6 Å². The Hall–Kier alpha value is -2.43. The Morgan fingerprint density at radius 2 is 1.67 bits per heavy atom. The number of likely N-dealkylation sites (tertiary alicyclic amines) is 1. The maximum atomic E-state index is 13.0. The number of carbonyl (C=O) groups excluding carboxylic acids is 3. The Labute approximate surface area is 140 Å². The smallest absolute Gasteiger partial charge is 0.234 e. The summed E-state index contributed by atoms with van der Waals surface area (Å²) in [5.41, 5.74) is 7.26. The minimum Gasteiger partial charge on any atom is -0.370 e. The molecule has 5 atom stereocenters. The van der Waals surface area contributed by atoms with Crippen LogP contribution in [0.2, 0.25) is 0 Å². The zero-order chi connectivity index (χ0) is 17.0. The van der Waals surface area contributed by atoms with Gasteiger partial charge in [-0.1, -0.05) is 42.0 Å². The summed E-state index contributed by atoms with van der Waals surface area (Å²) < 4.78 is 0. The number of hydrogen-bond donors (Lipinski definition) is 1. The van der Waals surface area contributed by atoms with Crippen LogP contribution in [0.4, 0.5) is 0 Å². The molecule has 3 amide bonds. The molecule has 5 heteroatoms. The van der Waals surface area contributed by atoms with Crippen molar-refractivity contribution in [3.05, 3.63) is 47.5 Å². The number of allylic oxidation sites excluding steroid dienone is 2. The summed E-state index contributed by atoms with van der Waals surface area (Å²) in [6, 6.07) is 6.96. The molecule has 1 aromatic carbocycles. The fraction of sp³-hybridized carbons (Fsp3) is 0.421. The van der Waals surface area contributed by atoms with Crippen molar-refractivity contribution in [2.45, 2.75) is 25.8 Å². The largest absolute Gasteiger partial charge is 0.370 e. The summed E-state index contributed by atoms with van der Waals surface area (Å²) in [7, 11) is 0. The first kappa shape index (κ1) is 15.1. The summed E-state index contributed by atoms with van der Waals surface area (Å²) >= 11 is 0. The first-order valence-electron chi connectivity index (χ1n) is 8.37. The second-order valence-corrected chi connectivity index (χ2v) is 7.14. The van der Waals surface area contributed by atoms with Gasteiger partial charge in [0, 0.05) is 0 Å². The van der Waals surface area contributed by atoms with Gasteiger partial charge in [-0.15, -0.1) is 0 Å². The van der Waals surface area contributed by atoms with Crippen LogP contribution < -0.4 is 5.73 Å². The van der Waals surface area contributed by atoms with Crippen molar-refractivity contribution in [2.75, 3.05) is 0 Å². The third-order valence-electron chi connectivity index (χ3n) is 5.67. The molecule has 0 radical (unpaired) electrons. The summed E-state index contributed by atoms with van der Waals surface area (Å²) in [4.78, 5) is 38.8. The van der Waals surface area contributed by atoms with Crippen LogP contribution in [0.5, 0.6) is 0 Å². The first-order chi connectivity index (χ1) is 11.5. The van der Waals surface area contributed by atoms with E-state index in [-0.39, 0.29) is 41.9 Å². The molecule has 2 fully saturated rings. The lowest BCUT2D eigenvalue weighted by molar-refractivity contribution is -0.144. The number of fused-ring (bicyclic) bond motifs is 5. The van der Waals surface area contributed by atoms with Gasteiger partial charge in [-0.2, -0.15) is 0 Å². The number of primary amides is 1. The molecule has 1 saturated heterocycles. The van der Waals surface area contributed by atoms with Gasteiger partial charge in [0.25, 0.3) is 0 Å². The summed E-state index contributed by atoms with van der Waals surface area (Å²) in [6.07, 6.45) is 4.99. The van der Waals surface area contributed by atoms with Gasteiger partial charge in [0.05, 0.1) is 24.3 Å². The fourth-order valence-corrected chi connectivity index (χ4v) is 4.57. The second kappa shape index (κ2) is 5.30. The lowest BCUT2D eigenvalue weighted by Gasteiger charge is -2.27. The van der Waals surface area contributed by atoms with Crippen LogP contribution in [0.1, 0.15) is 30.0 Å². The SMILES string of the molecule is Cc1ccc(C(CC(N)=O)N2C(=O)C3C4C=CC(C4)C3C2=O)cc1. The molecule has 2 aliphatic carbocycles. The van der Waals surface area contributed by atoms with Crippen molar-refractivity contribution in [2.24, 2.45) is 29.4 Å². The molecule has 5 unspecified atom stereocenters. The van der Waals surface area contributed by atoms with E-state index in [0.29, 0.717) is 0 Å². The molecular weight excluding hydrogens is 304 g/mol. The third kappa shape index (κ3) is 2.11. The van der Waals surface area contributed by atoms with Gasteiger partial charge in [0.1, 0.15) is 0 Å². The Balaban J connectivity index is 1.71. The lowest BCUT2D eigenvalue weighted by Crippen LogP contribution is -2.38. The monoisotopic (exact) mass is 324 g/mol. The number of nitrogens with two attached hydrogens (primary N) is 1. The van der Waals surface area contributed by atoms with Crippen LogP contribution >= 0.6 is 0 Å². The van der Waals surface area contributed by atoms with Crippen molar-refractivity contribution < 1.29 is 14.4 Å². The number of nitrogens with zero attached hydrogens (tertiary/aromatic N) is 1. The van der Waals surface area contributed by atoms with Gasteiger partial charge < -0.3 is 5.73 Å². The molecular formula is C19H20N2O3. The van der Waals surface area contributed by atoms with Gasteiger partial charge >= 0.3 is 0 Å². The first-order valence-corrected chi connectivity index (χ1v) is 8.37. The van der Waals surface area contributed by atoms with Crippen LogP contribution in [0.15, 0.2) is 36.4 Å². The van der Waals surface area contributed by atoms with Gasteiger partial charge in [-0.3, -0.25) is 19.3 Å². The Morgan fingerprint density at radius 1 is 1.12 bits per heavy atom. The number of rotatable bonds is 4. The van der Waals surface area contributed by atoms with Crippen molar-refractivity contribution in [1.29, 1.82) is 0 Å². The third-order valence-corrected chi connectivity index (χ3v) is 5.67. The van der Waals surface area contributed by atoms with Crippen molar-refractivity contribution in [1.82, 2.24) is 4.90 Å². The summed E-state index contributed by atoms with van der Waals surface area (Å²) in [5, 5.41) is 0. The highest BCUT2D eigenvalue weighted by Gasteiger charge is 2.60. The number of carbonyl (C=O) groups is 3. The Kier molecular flexibility index (Phi) is 3.34. The molecule has 3 aliphatic rings. The molecule has 4 rings (SSSR count). The normalized spacial score (nSPS) is 31.6. The molecule has 5 nitrogen and oxygen atoms in total. The highest BCUT2D eigenvalue weighted by molar-refractivity contribution is 6.07. The van der Waals surface area contributed by atoms with Crippen LogP contribution in [0.25, 0.3) is 0 Å². The van der Waals surface area contributed by atoms with E-state index in [9.17, 15) is 14.4 Å². The zero-order valence-corrected chi connectivity index (χ0v) is 13.5. The van der Waals surface area contributed by atoms with Gasteiger partial charge in [0.15, 0.2) is 0 Å². The quantitative estimate of drug-likeness (QED) is 0.676. The van der Waals surface area contributed by atoms with E-state index in [2.05, 4.69) is 12.2 Å². The highest BCUT2D eigenvalue weighted by atomic mass is 16.2. The molecule has 1 aliphatic heterocycles. The number of benzene rings is 1. The number of imide groups is 1. The van der Waals surface area contributed by atoms with E-state index in [4.69, 9.17) is 5.73 Å². The van der Waals surface area contributed by atoms with Crippen LogP contribution in [-0.4, -0.2) is 22.6 Å². The molecule has 0 aromatic heterocycles. The molecule has 1 heterocycles. The predicted octanol–water partition coefficient (Wildman–Crippen LogP) is 1.72. The Bertz CT molecular complexity index is 722. The zero-order valence-electron chi connectivity index (χ0n) is 13.5. The molecule has 124 valence electrons. The van der Waals surface area contributed by atoms with Gasteiger partial charge in [-0.05, 0) is 30.7 Å².